The first-order chi connectivity index (χ1) is 8.69. The first-order valence-corrected chi connectivity index (χ1v) is 5.99. The van der Waals surface area contributed by atoms with E-state index in [1.54, 1.807) is 12.3 Å². The van der Waals surface area contributed by atoms with Crippen molar-refractivity contribution in [3.05, 3.63) is 29.6 Å². The second-order valence-electron chi connectivity index (χ2n) is 4.55. The van der Waals surface area contributed by atoms with E-state index >= 15 is 0 Å². The second kappa shape index (κ2) is 5.61. The van der Waals surface area contributed by atoms with E-state index in [1.807, 2.05) is 12.1 Å². The summed E-state index contributed by atoms with van der Waals surface area (Å²) in [7, 11) is 0. The largest absolute Gasteiger partial charge is 0.481 e. The van der Waals surface area contributed by atoms with Crippen LogP contribution in [0.25, 0.3) is 0 Å². The van der Waals surface area contributed by atoms with Crippen molar-refractivity contribution in [2.75, 3.05) is 13.1 Å². The van der Waals surface area contributed by atoms with Gasteiger partial charge in [0.25, 0.3) is 0 Å². The number of rotatable bonds is 3. The summed E-state index contributed by atoms with van der Waals surface area (Å²) in [6, 6.07) is 5.69. The highest BCUT2D eigenvalue weighted by atomic mass is 16.4. The summed E-state index contributed by atoms with van der Waals surface area (Å²) in [5.41, 5.74) is 1.48. The third-order valence-electron chi connectivity index (χ3n) is 3.28. The molecule has 1 saturated heterocycles. The lowest BCUT2D eigenvalue weighted by Crippen LogP contribution is -2.35. The quantitative estimate of drug-likeness (QED) is 0.867. The third kappa shape index (κ3) is 3.05. The molecule has 94 valence electrons. The number of piperidine rings is 1. The van der Waals surface area contributed by atoms with E-state index in [-0.39, 0.29) is 5.92 Å². The van der Waals surface area contributed by atoms with Crippen molar-refractivity contribution in [1.29, 1.82) is 5.26 Å². The molecule has 0 amide bonds. The summed E-state index contributed by atoms with van der Waals surface area (Å²) in [6.45, 7) is 2.34. The molecule has 5 heteroatoms. The van der Waals surface area contributed by atoms with E-state index in [9.17, 15) is 4.79 Å². The minimum absolute atomic E-state index is 0.201. The highest BCUT2D eigenvalue weighted by Gasteiger charge is 2.24. The summed E-state index contributed by atoms with van der Waals surface area (Å²) >= 11 is 0. The maximum absolute atomic E-state index is 10.8. The van der Waals surface area contributed by atoms with Crippen molar-refractivity contribution in [2.24, 2.45) is 5.92 Å². The first-order valence-electron chi connectivity index (χ1n) is 5.99. The Balaban J connectivity index is 1.91. The fourth-order valence-corrected chi connectivity index (χ4v) is 2.23. The van der Waals surface area contributed by atoms with Gasteiger partial charge in [0.05, 0.1) is 5.92 Å². The Bertz CT molecular complexity index is 473. The number of aliphatic carboxylic acids is 1. The number of carboxylic acids is 1. The van der Waals surface area contributed by atoms with Gasteiger partial charge in [-0.2, -0.15) is 5.26 Å². The predicted molar refractivity (Wildman–Crippen MR) is 64.6 cm³/mol. The van der Waals surface area contributed by atoms with Crippen molar-refractivity contribution in [1.82, 2.24) is 9.88 Å². The molecule has 0 atom stereocenters. The van der Waals surface area contributed by atoms with Gasteiger partial charge in [-0.1, -0.05) is 0 Å². The summed E-state index contributed by atoms with van der Waals surface area (Å²) in [4.78, 5) is 17.0. The van der Waals surface area contributed by atoms with Gasteiger partial charge in [-0.25, -0.2) is 4.98 Å². The van der Waals surface area contributed by atoms with Gasteiger partial charge in [0.2, 0.25) is 0 Å². The van der Waals surface area contributed by atoms with Crippen LogP contribution in [-0.2, 0) is 11.3 Å². The monoisotopic (exact) mass is 245 g/mol. The van der Waals surface area contributed by atoms with Gasteiger partial charge in [0, 0.05) is 12.7 Å². The van der Waals surface area contributed by atoms with E-state index in [0.717, 1.165) is 25.2 Å². The van der Waals surface area contributed by atoms with Gasteiger partial charge < -0.3 is 5.11 Å². The molecule has 0 bridgehead atoms. The van der Waals surface area contributed by atoms with Crippen LogP contribution >= 0.6 is 0 Å². The Morgan fingerprint density at radius 2 is 2.28 bits per heavy atom. The van der Waals surface area contributed by atoms with Crippen LogP contribution < -0.4 is 0 Å². The molecule has 2 rings (SSSR count). The van der Waals surface area contributed by atoms with Crippen LogP contribution in [-0.4, -0.2) is 34.0 Å². The lowest BCUT2D eigenvalue weighted by Gasteiger charge is -2.29. The summed E-state index contributed by atoms with van der Waals surface area (Å²) in [5, 5.41) is 17.7. The molecule has 1 aliphatic heterocycles. The van der Waals surface area contributed by atoms with Gasteiger partial charge in [0.1, 0.15) is 11.8 Å². The van der Waals surface area contributed by atoms with Crippen LogP contribution in [0.3, 0.4) is 0 Å². The van der Waals surface area contributed by atoms with E-state index in [2.05, 4.69) is 9.88 Å². The molecule has 1 N–H and O–H groups in total. The molecular weight excluding hydrogens is 230 g/mol. The average Bonchev–Trinajstić information content (AvgIpc) is 2.39. The smallest absolute Gasteiger partial charge is 0.306 e. The highest BCUT2D eigenvalue weighted by Crippen LogP contribution is 2.19. The highest BCUT2D eigenvalue weighted by molar-refractivity contribution is 5.70. The molecule has 0 radical (unpaired) electrons. The molecule has 1 aromatic rings. The lowest BCUT2D eigenvalue weighted by molar-refractivity contribution is -0.143. The zero-order valence-electron chi connectivity index (χ0n) is 10.0. The number of aromatic nitrogens is 1. The predicted octanol–water partition coefficient (Wildman–Crippen LogP) is 1.25. The number of hydrogen-bond donors (Lipinski definition) is 1. The summed E-state index contributed by atoms with van der Waals surface area (Å²) in [6.07, 6.45) is 3.04. The van der Waals surface area contributed by atoms with Crippen molar-refractivity contribution in [2.45, 2.75) is 19.4 Å². The van der Waals surface area contributed by atoms with Gasteiger partial charge >= 0.3 is 5.97 Å². The maximum Gasteiger partial charge on any atom is 0.306 e. The summed E-state index contributed by atoms with van der Waals surface area (Å²) < 4.78 is 0. The minimum Gasteiger partial charge on any atom is -0.481 e. The van der Waals surface area contributed by atoms with Crippen LogP contribution in [0, 0.1) is 17.2 Å². The Morgan fingerprint density at radius 3 is 2.89 bits per heavy atom. The number of carbonyl (C=O) groups is 1. The molecule has 5 nitrogen and oxygen atoms in total. The normalized spacial score (nSPS) is 17.3. The molecule has 0 unspecified atom stereocenters. The topological polar surface area (TPSA) is 77.2 Å². The van der Waals surface area contributed by atoms with Crippen molar-refractivity contribution >= 4 is 5.97 Å². The fourth-order valence-electron chi connectivity index (χ4n) is 2.23. The molecule has 1 aromatic heterocycles. The maximum atomic E-state index is 10.8. The Kier molecular flexibility index (Phi) is 3.90. The van der Waals surface area contributed by atoms with Gasteiger partial charge in [-0.15, -0.1) is 0 Å². The number of nitriles is 1. The zero-order valence-corrected chi connectivity index (χ0v) is 10.0. The lowest BCUT2D eigenvalue weighted by atomic mass is 9.97. The average molecular weight is 245 g/mol. The van der Waals surface area contributed by atoms with Crippen molar-refractivity contribution < 1.29 is 9.90 Å². The molecule has 2 heterocycles. The zero-order chi connectivity index (χ0) is 13.0. The van der Waals surface area contributed by atoms with Crippen molar-refractivity contribution in [3.63, 3.8) is 0 Å². The molecule has 0 aliphatic carbocycles. The minimum atomic E-state index is -0.690. The standard InChI is InChI=1S/C13H15N3O2/c14-8-12-7-10(1-4-15-12)9-16-5-2-11(3-6-16)13(17)18/h1,4,7,11H,2-3,5-6,9H2,(H,17,18). The van der Waals surface area contributed by atoms with E-state index < -0.39 is 5.97 Å². The molecular formula is C13H15N3O2. The van der Waals surface area contributed by atoms with E-state index in [1.165, 1.54) is 0 Å². The van der Waals surface area contributed by atoms with Crippen molar-refractivity contribution in [3.8, 4) is 6.07 Å². The Labute approximate surface area is 106 Å². The van der Waals surface area contributed by atoms with Crippen LogP contribution in [0.15, 0.2) is 18.3 Å². The van der Waals surface area contributed by atoms with Crippen LogP contribution in [0.4, 0.5) is 0 Å². The van der Waals surface area contributed by atoms with Gasteiger partial charge in [-0.05, 0) is 43.6 Å². The number of pyridine rings is 1. The molecule has 0 saturated carbocycles. The number of nitrogens with zero attached hydrogens (tertiary/aromatic N) is 3. The number of carboxylic acid groups (broad SMARTS) is 1. The fraction of sp³-hybridized carbons (Fsp3) is 0.462. The molecule has 18 heavy (non-hydrogen) atoms. The third-order valence-corrected chi connectivity index (χ3v) is 3.28. The molecule has 1 fully saturated rings. The molecule has 1 aliphatic rings. The Morgan fingerprint density at radius 1 is 1.56 bits per heavy atom. The number of hydrogen-bond acceptors (Lipinski definition) is 4. The first kappa shape index (κ1) is 12.5. The van der Waals surface area contributed by atoms with Crippen LogP contribution in [0.1, 0.15) is 24.1 Å². The number of likely N-dealkylation sites (tertiary alicyclic amines) is 1. The SMILES string of the molecule is N#Cc1cc(CN2CCC(C(=O)O)CC2)ccn1. The molecule has 0 aromatic carbocycles. The van der Waals surface area contributed by atoms with Crippen LogP contribution in [0.2, 0.25) is 0 Å². The van der Waals surface area contributed by atoms with E-state index in [0.29, 0.717) is 18.5 Å². The summed E-state index contributed by atoms with van der Waals surface area (Å²) in [5.74, 6) is -0.890. The van der Waals surface area contributed by atoms with Crippen LogP contribution in [0.5, 0.6) is 0 Å². The molecule has 0 spiro atoms. The van der Waals surface area contributed by atoms with Gasteiger partial charge in [-0.3, -0.25) is 9.69 Å². The second-order valence-corrected chi connectivity index (χ2v) is 4.55. The Hall–Kier alpha value is -1.93. The van der Waals surface area contributed by atoms with Gasteiger partial charge in [0.15, 0.2) is 0 Å². The van der Waals surface area contributed by atoms with E-state index in [4.69, 9.17) is 10.4 Å².